The third-order valence-corrected chi connectivity index (χ3v) is 7.30. The number of likely N-dealkylation sites (N-methyl/N-ethyl adjacent to an activating group) is 1. The fraction of sp³-hybridized carbons (Fsp3) is 0.370. The molecule has 1 amide bonds. The molecule has 3 aromatic rings. The summed E-state index contributed by atoms with van der Waals surface area (Å²) in [6.45, 7) is 2.61. The minimum Gasteiger partial charge on any atom is -0.493 e. The predicted octanol–water partition coefficient (Wildman–Crippen LogP) is 5.35. The fourth-order valence-electron chi connectivity index (χ4n) is 4.10. The number of benzene rings is 2. The molecule has 1 saturated heterocycles. The zero-order chi connectivity index (χ0) is 25.5. The lowest BCUT2D eigenvalue weighted by atomic mass is 10.1. The lowest BCUT2D eigenvalue weighted by molar-refractivity contribution is 0.0796. The van der Waals surface area contributed by atoms with Gasteiger partial charge in [0.05, 0.1) is 14.2 Å². The van der Waals surface area contributed by atoms with Crippen molar-refractivity contribution in [3.05, 3.63) is 70.4 Å². The second kappa shape index (κ2) is 12.3. The first-order valence-corrected chi connectivity index (χ1v) is 13.3. The molecule has 0 saturated carbocycles. The molecule has 1 aromatic heterocycles. The Morgan fingerprint density at radius 2 is 1.69 bits per heavy atom. The number of carbonyl (C=O) groups is 1. The summed E-state index contributed by atoms with van der Waals surface area (Å²) in [5, 5.41) is 1.13. The van der Waals surface area contributed by atoms with E-state index in [9.17, 15) is 4.79 Å². The summed E-state index contributed by atoms with van der Waals surface area (Å²) in [4.78, 5) is 26.0. The molecule has 0 aliphatic carbocycles. The van der Waals surface area contributed by atoms with Crippen molar-refractivity contribution in [2.45, 2.75) is 30.2 Å². The third kappa shape index (κ3) is 6.62. The van der Waals surface area contributed by atoms with Crippen LogP contribution in [0.2, 0.25) is 5.15 Å². The second-order valence-electron chi connectivity index (χ2n) is 8.68. The summed E-state index contributed by atoms with van der Waals surface area (Å²) in [6, 6.07) is 15.4. The molecule has 190 valence electrons. The number of methoxy groups -OCH3 is 2. The molecule has 2 aromatic carbocycles. The Bertz CT molecular complexity index is 1190. The quantitative estimate of drug-likeness (QED) is 0.200. The van der Waals surface area contributed by atoms with E-state index in [1.165, 1.54) is 12.8 Å². The van der Waals surface area contributed by atoms with E-state index in [1.807, 2.05) is 55.6 Å². The number of hydrogen-bond acceptors (Lipinski definition) is 7. The van der Waals surface area contributed by atoms with Crippen LogP contribution in [0.25, 0.3) is 0 Å². The molecule has 9 heteroatoms. The molecule has 0 bridgehead atoms. The maximum absolute atomic E-state index is 12.9. The van der Waals surface area contributed by atoms with Crippen LogP contribution in [-0.2, 0) is 12.2 Å². The van der Waals surface area contributed by atoms with E-state index in [2.05, 4.69) is 14.9 Å². The van der Waals surface area contributed by atoms with E-state index >= 15 is 0 Å². The van der Waals surface area contributed by atoms with Crippen LogP contribution in [0, 0.1) is 0 Å². The molecule has 0 atom stereocenters. The van der Waals surface area contributed by atoms with Gasteiger partial charge in [-0.15, -0.1) is 0 Å². The fourth-order valence-corrected chi connectivity index (χ4v) is 5.14. The van der Waals surface area contributed by atoms with Gasteiger partial charge in [-0.1, -0.05) is 41.6 Å². The molecule has 7 nitrogen and oxygen atoms in total. The molecule has 1 fully saturated rings. The minimum absolute atomic E-state index is 0.0110. The number of nitrogens with zero attached hydrogens (tertiary/aromatic N) is 4. The highest BCUT2D eigenvalue weighted by molar-refractivity contribution is 7.98. The van der Waals surface area contributed by atoms with Gasteiger partial charge in [0.1, 0.15) is 11.0 Å². The number of amides is 1. The molecule has 2 heterocycles. The van der Waals surface area contributed by atoms with Crippen molar-refractivity contribution in [2.75, 3.05) is 45.8 Å². The van der Waals surface area contributed by atoms with E-state index in [0.717, 1.165) is 36.5 Å². The normalized spacial score (nSPS) is 13.1. The third-order valence-electron chi connectivity index (χ3n) is 6.19. The van der Waals surface area contributed by atoms with Crippen LogP contribution in [0.1, 0.15) is 34.3 Å². The average molecular weight is 527 g/mol. The number of aromatic nitrogens is 2. The summed E-state index contributed by atoms with van der Waals surface area (Å²) in [6.07, 6.45) is 3.08. The monoisotopic (exact) mass is 526 g/mol. The van der Waals surface area contributed by atoms with Crippen molar-refractivity contribution in [3.8, 4) is 11.5 Å². The molecule has 0 unspecified atom stereocenters. The first-order chi connectivity index (χ1) is 17.5. The van der Waals surface area contributed by atoms with Gasteiger partial charge in [-0.05, 0) is 54.7 Å². The van der Waals surface area contributed by atoms with Gasteiger partial charge in [0.2, 0.25) is 0 Å². The maximum atomic E-state index is 12.9. The Hall–Kier alpha value is -2.97. The molecule has 0 spiro atoms. The van der Waals surface area contributed by atoms with Crippen LogP contribution in [-0.4, -0.2) is 61.7 Å². The lowest BCUT2D eigenvalue weighted by Crippen LogP contribution is -2.28. The Balaban J connectivity index is 1.31. The van der Waals surface area contributed by atoms with Crippen molar-refractivity contribution in [3.63, 3.8) is 0 Å². The predicted molar refractivity (Wildman–Crippen MR) is 145 cm³/mol. The highest BCUT2D eigenvalue weighted by Crippen LogP contribution is 2.28. The molecule has 1 aliphatic rings. The summed E-state index contributed by atoms with van der Waals surface area (Å²) >= 11 is 7.79. The molecule has 0 radical (unpaired) electrons. The van der Waals surface area contributed by atoms with Gasteiger partial charge in [0.25, 0.3) is 5.91 Å². The van der Waals surface area contributed by atoms with Gasteiger partial charge < -0.3 is 19.3 Å². The highest BCUT2D eigenvalue weighted by Gasteiger charge is 2.16. The Morgan fingerprint density at radius 1 is 1.00 bits per heavy atom. The number of hydrogen-bond donors (Lipinski definition) is 0. The summed E-state index contributed by atoms with van der Waals surface area (Å²) in [5.74, 6) is 2.96. The highest BCUT2D eigenvalue weighted by atomic mass is 35.5. The van der Waals surface area contributed by atoms with Crippen molar-refractivity contribution in [1.29, 1.82) is 0 Å². The molecule has 1 aliphatic heterocycles. The van der Waals surface area contributed by atoms with Crippen molar-refractivity contribution in [2.24, 2.45) is 0 Å². The van der Waals surface area contributed by atoms with E-state index in [-0.39, 0.29) is 5.91 Å². The van der Waals surface area contributed by atoms with Crippen molar-refractivity contribution in [1.82, 2.24) is 14.9 Å². The summed E-state index contributed by atoms with van der Waals surface area (Å²) < 4.78 is 10.7. The van der Waals surface area contributed by atoms with E-state index in [0.29, 0.717) is 39.7 Å². The van der Waals surface area contributed by atoms with Gasteiger partial charge in [-0.25, -0.2) is 9.97 Å². The van der Waals surface area contributed by atoms with Crippen LogP contribution in [0.4, 0.5) is 5.82 Å². The van der Waals surface area contributed by atoms with Crippen molar-refractivity contribution >= 4 is 35.1 Å². The largest absolute Gasteiger partial charge is 0.493 e. The van der Waals surface area contributed by atoms with E-state index < -0.39 is 0 Å². The SMILES string of the molecule is COc1ccc(CCN(C)C(=O)c2ccc(CSc3nc(Cl)cc(N4CCCC4)n3)cc2)cc1OC. The first-order valence-electron chi connectivity index (χ1n) is 11.9. The second-order valence-corrected chi connectivity index (χ2v) is 10.0. The minimum atomic E-state index is -0.0110. The molecular weight excluding hydrogens is 496 g/mol. The van der Waals surface area contributed by atoms with Gasteiger partial charge >= 0.3 is 0 Å². The van der Waals surface area contributed by atoms with E-state index in [1.54, 1.807) is 30.9 Å². The summed E-state index contributed by atoms with van der Waals surface area (Å²) in [5.41, 5.74) is 2.83. The van der Waals surface area contributed by atoms with Gasteiger partial charge in [0.15, 0.2) is 16.7 Å². The standard InChI is InChI=1S/C27H31ClN4O3S/c1-31(15-12-19-8-11-22(34-2)23(16-19)35-3)26(33)21-9-6-20(7-10-21)18-36-27-29-24(28)17-25(30-27)32-13-4-5-14-32/h6-11,16-17H,4-5,12-15,18H2,1-3H3. The van der Waals surface area contributed by atoms with Crippen LogP contribution in [0.15, 0.2) is 53.7 Å². The zero-order valence-electron chi connectivity index (χ0n) is 20.9. The molecule has 36 heavy (non-hydrogen) atoms. The Labute approximate surface area is 221 Å². The van der Waals surface area contributed by atoms with Crippen LogP contribution in [0.5, 0.6) is 11.5 Å². The van der Waals surface area contributed by atoms with Crippen LogP contribution in [0.3, 0.4) is 0 Å². The number of halogens is 1. The lowest BCUT2D eigenvalue weighted by Gasteiger charge is -2.18. The number of ether oxygens (including phenoxy) is 2. The first kappa shape index (κ1) is 26.1. The van der Waals surface area contributed by atoms with Gasteiger partial charge in [-0.2, -0.15) is 0 Å². The maximum Gasteiger partial charge on any atom is 0.253 e. The molecule has 0 N–H and O–H groups in total. The zero-order valence-corrected chi connectivity index (χ0v) is 22.4. The number of thioether (sulfide) groups is 1. The number of rotatable bonds is 10. The smallest absolute Gasteiger partial charge is 0.253 e. The van der Waals surface area contributed by atoms with E-state index in [4.69, 9.17) is 21.1 Å². The molecular formula is C27H31ClN4O3S. The topological polar surface area (TPSA) is 67.8 Å². The summed E-state index contributed by atoms with van der Waals surface area (Å²) in [7, 11) is 5.05. The van der Waals surface area contributed by atoms with Gasteiger partial charge in [-0.3, -0.25) is 4.79 Å². The Kier molecular flexibility index (Phi) is 8.93. The number of carbonyl (C=O) groups excluding carboxylic acids is 1. The van der Waals surface area contributed by atoms with Crippen molar-refractivity contribution < 1.29 is 14.3 Å². The Morgan fingerprint density at radius 3 is 2.39 bits per heavy atom. The molecule has 4 rings (SSSR count). The average Bonchev–Trinajstić information content (AvgIpc) is 3.45. The number of anilines is 1. The van der Waals surface area contributed by atoms with Crippen LogP contribution >= 0.6 is 23.4 Å². The van der Waals surface area contributed by atoms with Gasteiger partial charge in [0, 0.05) is 44.1 Å². The van der Waals surface area contributed by atoms with Crippen LogP contribution < -0.4 is 14.4 Å².